The number of Topliss-reactive ketones (excluding diaryl/α,β-unsaturated/α-hetero) is 1. The molecule has 0 aliphatic carbocycles. The van der Waals surface area contributed by atoms with Crippen LogP contribution in [0.25, 0.3) is 0 Å². The Morgan fingerprint density at radius 2 is 1.36 bits per heavy atom. The number of hydrogen-bond donors (Lipinski definition) is 2. The zero-order valence-electron chi connectivity index (χ0n) is 15.9. The number of rotatable bonds is 8. The molecule has 1 aromatic carbocycles. The number of hydrogen-bond acceptors (Lipinski definition) is 5. The van der Waals surface area contributed by atoms with Gasteiger partial charge in [0.05, 0.1) is 0 Å². The van der Waals surface area contributed by atoms with E-state index in [9.17, 15) is 15.0 Å². The van der Waals surface area contributed by atoms with Gasteiger partial charge in [0.2, 0.25) is 0 Å². The van der Waals surface area contributed by atoms with E-state index in [2.05, 4.69) is 0 Å². The standard InChI is InChI=1S/C20H28O5/c1-12(2)7-9-15-18(22)17(14(5)21)19(23)16(10-8-13(3)4)20(15)25-11-24-6/h7-8,22-23H,9-11H2,1-6H3. The largest absolute Gasteiger partial charge is 0.507 e. The first-order valence-corrected chi connectivity index (χ1v) is 8.19. The minimum Gasteiger partial charge on any atom is -0.507 e. The maximum Gasteiger partial charge on any atom is 0.188 e. The van der Waals surface area contributed by atoms with E-state index in [1.54, 1.807) is 0 Å². The minimum absolute atomic E-state index is 0.0259. The van der Waals surface area contributed by atoms with Crippen molar-refractivity contribution in [2.75, 3.05) is 13.9 Å². The molecule has 5 nitrogen and oxygen atoms in total. The average molecular weight is 348 g/mol. The van der Waals surface area contributed by atoms with Crippen LogP contribution in [0.3, 0.4) is 0 Å². The molecule has 0 aromatic heterocycles. The number of benzene rings is 1. The molecule has 0 aliphatic rings. The van der Waals surface area contributed by atoms with E-state index >= 15 is 0 Å². The molecule has 25 heavy (non-hydrogen) atoms. The highest BCUT2D eigenvalue weighted by molar-refractivity contribution is 6.01. The summed E-state index contributed by atoms with van der Waals surface area (Å²) in [6.45, 7) is 9.08. The lowest BCUT2D eigenvalue weighted by Crippen LogP contribution is -2.08. The van der Waals surface area contributed by atoms with Crippen molar-refractivity contribution in [1.82, 2.24) is 0 Å². The molecule has 0 fully saturated rings. The van der Waals surface area contributed by atoms with Gasteiger partial charge in [0.15, 0.2) is 12.6 Å². The predicted octanol–water partition coefficient (Wildman–Crippen LogP) is 4.30. The van der Waals surface area contributed by atoms with Crippen molar-refractivity contribution in [3.8, 4) is 17.2 Å². The molecule has 0 bridgehead atoms. The molecule has 138 valence electrons. The van der Waals surface area contributed by atoms with Crippen molar-refractivity contribution in [2.45, 2.75) is 47.5 Å². The van der Waals surface area contributed by atoms with Gasteiger partial charge in [0.1, 0.15) is 22.8 Å². The van der Waals surface area contributed by atoms with Gasteiger partial charge in [-0.05, 0) is 47.5 Å². The highest BCUT2D eigenvalue weighted by Crippen LogP contribution is 2.44. The summed E-state index contributed by atoms with van der Waals surface area (Å²) in [4.78, 5) is 12.0. The van der Waals surface area contributed by atoms with E-state index < -0.39 is 5.78 Å². The van der Waals surface area contributed by atoms with Gasteiger partial charge >= 0.3 is 0 Å². The maximum absolute atomic E-state index is 12.0. The molecule has 0 atom stereocenters. The molecule has 2 N–H and O–H groups in total. The van der Waals surface area contributed by atoms with E-state index in [1.807, 2.05) is 39.8 Å². The van der Waals surface area contributed by atoms with Crippen LogP contribution in [0.1, 0.15) is 56.1 Å². The summed E-state index contributed by atoms with van der Waals surface area (Å²) in [5.41, 5.74) is 3.01. The number of aromatic hydroxyl groups is 2. The normalized spacial score (nSPS) is 10.3. The Kier molecular flexibility index (Phi) is 7.71. The molecule has 0 amide bonds. The molecule has 0 heterocycles. The van der Waals surface area contributed by atoms with Gasteiger partial charge in [0, 0.05) is 18.2 Å². The SMILES string of the molecule is COCOc1c(CC=C(C)C)c(O)c(C(C)=O)c(O)c1CC=C(C)C. The average Bonchev–Trinajstić information content (AvgIpc) is 2.50. The summed E-state index contributed by atoms with van der Waals surface area (Å²) in [6.07, 6.45) is 4.63. The van der Waals surface area contributed by atoms with Crippen LogP contribution in [0.4, 0.5) is 0 Å². The first-order valence-electron chi connectivity index (χ1n) is 8.19. The Morgan fingerprint density at radius 1 is 0.920 bits per heavy atom. The number of phenols is 2. The number of phenolic OH excluding ortho intramolecular Hbond substituents is 2. The number of methoxy groups -OCH3 is 1. The number of ether oxygens (including phenoxy) is 2. The van der Waals surface area contributed by atoms with E-state index in [1.165, 1.54) is 14.0 Å². The van der Waals surface area contributed by atoms with E-state index in [0.29, 0.717) is 29.7 Å². The molecule has 5 heteroatoms. The summed E-state index contributed by atoms with van der Waals surface area (Å²) in [5, 5.41) is 21.2. The molecular weight excluding hydrogens is 320 g/mol. The fourth-order valence-corrected chi connectivity index (χ4v) is 2.43. The van der Waals surface area contributed by atoms with Crippen LogP contribution >= 0.6 is 0 Å². The molecule has 0 saturated heterocycles. The highest BCUT2D eigenvalue weighted by Gasteiger charge is 2.26. The molecule has 0 saturated carbocycles. The summed E-state index contributed by atoms with van der Waals surface area (Å²) < 4.78 is 10.6. The summed E-state index contributed by atoms with van der Waals surface area (Å²) in [7, 11) is 1.50. The number of ketones is 1. The first kappa shape index (κ1) is 20.8. The molecular formula is C20H28O5. The second kappa shape index (κ2) is 9.28. The zero-order chi connectivity index (χ0) is 19.1. The molecule has 0 aliphatic heterocycles. The Labute approximate surface area is 149 Å². The van der Waals surface area contributed by atoms with Crippen molar-refractivity contribution in [3.05, 3.63) is 40.0 Å². The van der Waals surface area contributed by atoms with Crippen LogP contribution in [0.15, 0.2) is 23.3 Å². The Bertz CT molecular complexity index is 644. The van der Waals surface area contributed by atoms with Crippen molar-refractivity contribution >= 4 is 5.78 Å². The lowest BCUT2D eigenvalue weighted by molar-refractivity contribution is 0.0495. The van der Waals surface area contributed by atoms with Crippen LogP contribution in [-0.2, 0) is 17.6 Å². The van der Waals surface area contributed by atoms with Gasteiger partial charge in [-0.1, -0.05) is 23.3 Å². The van der Waals surface area contributed by atoms with Crippen LogP contribution in [0, 0.1) is 0 Å². The lowest BCUT2D eigenvalue weighted by atomic mass is 9.94. The van der Waals surface area contributed by atoms with Gasteiger partial charge in [-0.2, -0.15) is 0 Å². The third kappa shape index (κ3) is 5.36. The third-order valence-corrected chi connectivity index (χ3v) is 3.70. The first-order chi connectivity index (χ1) is 11.7. The number of allylic oxidation sites excluding steroid dienone is 4. The molecule has 1 aromatic rings. The minimum atomic E-state index is -0.398. The molecule has 0 unspecified atom stereocenters. The number of carbonyl (C=O) groups excluding carboxylic acids is 1. The van der Waals surface area contributed by atoms with E-state index in [4.69, 9.17) is 9.47 Å². The molecule has 0 spiro atoms. The maximum atomic E-state index is 12.0. The summed E-state index contributed by atoms with van der Waals surface area (Å²) in [6, 6.07) is 0. The van der Waals surface area contributed by atoms with Crippen molar-refractivity contribution < 1.29 is 24.5 Å². The van der Waals surface area contributed by atoms with Crippen LogP contribution < -0.4 is 4.74 Å². The quantitative estimate of drug-likeness (QED) is 0.416. The third-order valence-electron chi connectivity index (χ3n) is 3.70. The second-order valence-corrected chi connectivity index (χ2v) is 6.44. The molecule has 0 radical (unpaired) electrons. The fourth-order valence-electron chi connectivity index (χ4n) is 2.43. The van der Waals surface area contributed by atoms with E-state index in [0.717, 1.165) is 11.1 Å². The van der Waals surface area contributed by atoms with Gasteiger partial charge in [-0.15, -0.1) is 0 Å². The Balaban J connectivity index is 3.71. The summed E-state index contributed by atoms with van der Waals surface area (Å²) >= 11 is 0. The van der Waals surface area contributed by atoms with Gasteiger partial charge in [-0.3, -0.25) is 4.79 Å². The predicted molar refractivity (Wildman–Crippen MR) is 98.6 cm³/mol. The van der Waals surface area contributed by atoms with Crippen LogP contribution in [-0.4, -0.2) is 29.9 Å². The summed E-state index contributed by atoms with van der Waals surface area (Å²) in [5.74, 6) is -0.522. The zero-order valence-corrected chi connectivity index (χ0v) is 15.9. The van der Waals surface area contributed by atoms with E-state index in [-0.39, 0.29) is 23.9 Å². The van der Waals surface area contributed by atoms with Crippen molar-refractivity contribution in [1.29, 1.82) is 0 Å². The van der Waals surface area contributed by atoms with Crippen molar-refractivity contribution in [2.24, 2.45) is 0 Å². The van der Waals surface area contributed by atoms with Crippen molar-refractivity contribution in [3.63, 3.8) is 0 Å². The molecule has 1 rings (SSSR count). The highest BCUT2D eigenvalue weighted by atomic mass is 16.7. The van der Waals surface area contributed by atoms with Gasteiger partial charge in [-0.25, -0.2) is 0 Å². The fraction of sp³-hybridized carbons (Fsp3) is 0.450. The van der Waals surface area contributed by atoms with Gasteiger partial charge < -0.3 is 19.7 Å². The monoisotopic (exact) mass is 348 g/mol. The van der Waals surface area contributed by atoms with Crippen LogP contribution in [0.2, 0.25) is 0 Å². The van der Waals surface area contributed by atoms with Gasteiger partial charge in [0.25, 0.3) is 0 Å². The topological polar surface area (TPSA) is 76.0 Å². The Hall–Kier alpha value is -2.27. The Morgan fingerprint density at radius 3 is 1.68 bits per heavy atom. The number of carbonyl (C=O) groups is 1. The smallest absolute Gasteiger partial charge is 0.188 e. The van der Waals surface area contributed by atoms with Crippen LogP contribution in [0.5, 0.6) is 17.2 Å². The lowest BCUT2D eigenvalue weighted by Gasteiger charge is -2.20. The second-order valence-electron chi connectivity index (χ2n) is 6.44.